The van der Waals surface area contributed by atoms with Gasteiger partial charge in [0.05, 0.1) is 7.11 Å². The van der Waals surface area contributed by atoms with Crippen molar-refractivity contribution in [3.63, 3.8) is 0 Å². The van der Waals surface area contributed by atoms with Gasteiger partial charge in [0.2, 0.25) is 6.79 Å². The quantitative estimate of drug-likeness (QED) is 0.763. The lowest BCUT2D eigenvalue weighted by Gasteiger charge is -2.05. The molecule has 2 aromatic rings. The summed E-state index contributed by atoms with van der Waals surface area (Å²) in [5.41, 5.74) is 2.64. The Morgan fingerprint density at radius 1 is 0.783 bits per heavy atom. The number of hydrogen-bond donors (Lipinski definition) is 0. The number of fused-ring (bicyclic) bond motifs is 1. The van der Waals surface area contributed by atoms with Crippen LogP contribution >= 0.6 is 0 Å². The van der Waals surface area contributed by atoms with Crippen LogP contribution in [-0.4, -0.2) is 13.9 Å². The molecule has 0 amide bonds. The van der Waals surface area contributed by atoms with E-state index < -0.39 is 0 Å². The van der Waals surface area contributed by atoms with Gasteiger partial charge in [0.1, 0.15) is 5.75 Å². The molecule has 2 aromatic carbocycles. The van der Waals surface area contributed by atoms with Crippen molar-refractivity contribution >= 4 is 0 Å². The average molecular weight is 314 g/mol. The molecule has 0 fully saturated rings. The summed E-state index contributed by atoms with van der Waals surface area (Å²) >= 11 is 0. The van der Waals surface area contributed by atoms with Crippen molar-refractivity contribution in [1.29, 1.82) is 0 Å². The van der Waals surface area contributed by atoms with E-state index in [2.05, 4.69) is 45.9 Å². The van der Waals surface area contributed by atoms with Crippen LogP contribution in [0, 0.1) is 0 Å². The zero-order valence-corrected chi connectivity index (χ0v) is 14.6. The summed E-state index contributed by atoms with van der Waals surface area (Å²) in [7, 11) is 1.68. The molecule has 1 aliphatic heterocycles. The largest absolute Gasteiger partial charge is 0.497 e. The number of rotatable bonds is 3. The third-order valence-electron chi connectivity index (χ3n) is 3.85. The van der Waals surface area contributed by atoms with Crippen molar-refractivity contribution in [2.24, 2.45) is 0 Å². The van der Waals surface area contributed by atoms with Crippen LogP contribution < -0.4 is 14.2 Å². The standard InChI is InChI=1S/C10H12O2.C10H14O/c1-7(2)8-3-4-9-10(5-8)12-6-11-9;1-8(2)9-4-6-10(11-3)7-5-9/h3-5,7H,6H2,1-2H3;4-8H,1-3H3. The van der Waals surface area contributed by atoms with Gasteiger partial charge in [0, 0.05) is 0 Å². The minimum atomic E-state index is 0.358. The monoisotopic (exact) mass is 314 g/mol. The molecule has 0 radical (unpaired) electrons. The second kappa shape index (κ2) is 7.91. The molecular weight excluding hydrogens is 288 g/mol. The maximum absolute atomic E-state index is 5.27. The van der Waals surface area contributed by atoms with Gasteiger partial charge in [0.25, 0.3) is 0 Å². The molecule has 23 heavy (non-hydrogen) atoms. The maximum Gasteiger partial charge on any atom is 0.231 e. The van der Waals surface area contributed by atoms with Crippen LogP contribution in [0.3, 0.4) is 0 Å². The third kappa shape index (κ3) is 4.65. The molecule has 3 nitrogen and oxygen atoms in total. The molecule has 1 aliphatic rings. The molecule has 0 aliphatic carbocycles. The van der Waals surface area contributed by atoms with E-state index in [9.17, 15) is 0 Å². The molecule has 3 heteroatoms. The van der Waals surface area contributed by atoms with Gasteiger partial charge in [-0.05, 0) is 47.2 Å². The van der Waals surface area contributed by atoms with Crippen molar-refractivity contribution in [1.82, 2.24) is 0 Å². The Morgan fingerprint density at radius 2 is 1.35 bits per heavy atom. The van der Waals surface area contributed by atoms with Crippen LogP contribution in [-0.2, 0) is 0 Å². The highest BCUT2D eigenvalue weighted by Crippen LogP contribution is 2.34. The van der Waals surface area contributed by atoms with Gasteiger partial charge in [-0.2, -0.15) is 0 Å². The Morgan fingerprint density at radius 3 is 1.91 bits per heavy atom. The highest BCUT2D eigenvalue weighted by molar-refractivity contribution is 5.45. The summed E-state index contributed by atoms with van der Waals surface area (Å²) < 4.78 is 15.5. The molecule has 124 valence electrons. The Labute approximate surface area is 139 Å². The topological polar surface area (TPSA) is 27.7 Å². The average Bonchev–Trinajstić information content (AvgIpc) is 3.03. The van der Waals surface area contributed by atoms with Gasteiger partial charge in [-0.3, -0.25) is 0 Å². The Bertz CT molecular complexity index is 615. The summed E-state index contributed by atoms with van der Waals surface area (Å²) in [5, 5.41) is 0. The van der Waals surface area contributed by atoms with Crippen LogP contribution in [0.2, 0.25) is 0 Å². The first-order chi connectivity index (χ1) is 11.0. The predicted molar refractivity (Wildman–Crippen MR) is 93.7 cm³/mol. The van der Waals surface area contributed by atoms with Crippen molar-refractivity contribution in [3.05, 3.63) is 53.6 Å². The Hall–Kier alpha value is -2.16. The highest BCUT2D eigenvalue weighted by Gasteiger charge is 2.13. The van der Waals surface area contributed by atoms with Gasteiger partial charge in [-0.15, -0.1) is 0 Å². The lowest BCUT2D eigenvalue weighted by atomic mass is 10.0. The first kappa shape index (κ1) is 17.2. The van der Waals surface area contributed by atoms with Gasteiger partial charge in [-0.1, -0.05) is 45.9 Å². The third-order valence-corrected chi connectivity index (χ3v) is 3.85. The second-order valence-corrected chi connectivity index (χ2v) is 6.20. The van der Waals surface area contributed by atoms with Crippen molar-refractivity contribution in [3.8, 4) is 17.2 Å². The Kier molecular flexibility index (Phi) is 5.91. The van der Waals surface area contributed by atoms with E-state index in [0.717, 1.165) is 17.2 Å². The molecule has 0 bridgehead atoms. The lowest BCUT2D eigenvalue weighted by Crippen LogP contribution is -1.93. The molecule has 0 saturated heterocycles. The molecule has 1 heterocycles. The number of benzene rings is 2. The lowest BCUT2D eigenvalue weighted by molar-refractivity contribution is 0.174. The second-order valence-electron chi connectivity index (χ2n) is 6.20. The molecule has 0 saturated carbocycles. The van der Waals surface area contributed by atoms with Crippen molar-refractivity contribution in [2.75, 3.05) is 13.9 Å². The SMILES string of the molecule is CC(C)c1ccc2c(c1)OCO2.COc1ccc(C(C)C)cc1. The number of methoxy groups -OCH3 is 1. The number of hydrogen-bond acceptors (Lipinski definition) is 3. The van der Waals surface area contributed by atoms with E-state index in [0.29, 0.717) is 18.6 Å². The zero-order chi connectivity index (χ0) is 16.8. The van der Waals surface area contributed by atoms with Gasteiger partial charge in [-0.25, -0.2) is 0 Å². The minimum Gasteiger partial charge on any atom is -0.497 e. The minimum absolute atomic E-state index is 0.358. The molecule has 3 rings (SSSR count). The summed E-state index contributed by atoms with van der Waals surface area (Å²) in [6.07, 6.45) is 0. The van der Waals surface area contributed by atoms with E-state index >= 15 is 0 Å². The first-order valence-corrected chi connectivity index (χ1v) is 8.04. The highest BCUT2D eigenvalue weighted by atomic mass is 16.7. The van der Waals surface area contributed by atoms with E-state index in [-0.39, 0.29) is 0 Å². The van der Waals surface area contributed by atoms with Crippen LogP contribution in [0.1, 0.15) is 50.7 Å². The van der Waals surface area contributed by atoms with Crippen molar-refractivity contribution < 1.29 is 14.2 Å². The summed E-state index contributed by atoms with van der Waals surface area (Å²) in [4.78, 5) is 0. The first-order valence-electron chi connectivity index (χ1n) is 8.04. The van der Waals surface area contributed by atoms with Gasteiger partial charge in [0.15, 0.2) is 11.5 Å². The summed E-state index contributed by atoms with van der Waals surface area (Å²) in [5.74, 6) is 3.80. The van der Waals surface area contributed by atoms with E-state index in [1.54, 1.807) is 7.11 Å². The maximum atomic E-state index is 5.27. The molecule has 0 N–H and O–H groups in total. The normalized spacial score (nSPS) is 12.1. The predicted octanol–water partition coefficient (Wildman–Crippen LogP) is 5.36. The summed E-state index contributed by atoms with van der Waals surface area (Å²) in [6.45, 7) is 9.05. The molecule has 0 atom stereocenters. The fourth-order valence-corrected chi connectivity index (χ4v) is 2.26. The smallest absolute Gasteiger partial charge is 0.231 e. The fraction of sp³-hybridized carbons (Fsp3) is 0.400. The van der Waals surface area contributed by atoms with E-state index in [1.165, 1.54) is 11.1 Å². The molecule has 0 aromatic heterocycles. The van der Waals surface area contributed by atoms with Crippen LogP contribution in [0.15, 0.2) is 42.5 Å². The van der Waals surface area contributed by atoms with Crippen LogP contribution in [0.5, 0.6) is 17.2 Å². The fourth-order valence-electron chi connectivity index (χ4n) is 2.26. The zero-order valence-electron chi connectivity index (χ0n) is 14.6. The molecular formula is C20H26O3. The van der Waals surface area contributed by atoms with Crippen LogP contribution in [0.4, 0.5) is 0 Å². The van der Waals surface area contributed by atoms with Gasteiger partial charge < -0.3 is 14.2 Å². The Balaban J connectivity index is 0.000000168. The van der Waals surface area contributed by atoms with Crippen molar-refractivity contribution in [2.45, 2.75) is 39.5 Å². The summed E-state index contributed by atoms with van der Waals surface area (Å²) in [6, 6.07) is 14.3. The molecule has 0 unspecified atom stereocenters. The van der Waals surface area contributed by atoms with E-state index in [4.69, 9.17) is 14.2 Å². The van der Waals surface area contributed by atoms with Crippen LogP contribution in [0.25, 0.3) is 0 Å². The van der Waals surface area contributed by atoms with Gasteiger partial charge >= 0.3 is 0 Å². The van der Waals surface area contributed by atoms with E-state index in [1.807, 2.05) is 24.3 Å². The molecule has 0 spiro atoms. The number of ether oxygens (including phenoxy) is 3.